The van der Waals surface area contributed by atoms with Crippen molar-refractivity contribution in [3.63, 3.8) is 0 Å². The summed E-state index contributed by atoms with van der Waals surface area (Å²) in [5.41, 5.74) is 0.747. The number of alkyl halides is 1. The number of aliphatic hydroxyl groups is 1. The first-order valence-corrected chi connectivity index (χ1v) is 4.71. The molecular weight excluding hydrogens is 202 g/mol. The number of methoxy groups -OCH3 is 1. The van der Waals surface area contributed by atoms with E-state index in [0.29, 0.717) is 5.56 Å². The van der Waals surface area contributed by atoms with E-state index < -0.39 is 12.0 Å². The molecule has 0 aliphatic carbocycles. The second kappa shape index (κ2) is 5.07. The molecule has 0 saturated carbocycles. The second-order valence-electron chi connectivity index (χ2n) is 3.28. The molecule has 0 fully saturated rings. The molecule has 4 heteroatoms. The number of rotatable bonds is 4. The Bertz CT molecular complexity index is 338. The molecule has 1 unspecified atom stereocenters. The lowest BCUT2D eigenvalue weighted by molar-refractivity contribution is 0.295. The molecule has 0 aliphatic rings. The Morgan fingerprint density at radius 2 is 2.13 bits per heavy atom. The van der Waals surface area contributed by atoms with E-state index in [0.717, 1.165) is 6.07 Å². The SMILES string of the molecule is COc1c(F)cc(C(C)F)cc1CCO. The van der Waals surface area contributed by atoms with E-state index in [1.54, 1.807) is 0 Å². The molecule has 84 valence electrons. The van der Waals surface area contributed by atoms with E-state index in [4.69, 9.17) is 9.84 Å². The van der Waals surface area contributed by atoms with E-state index in [2.05, 4.69) is 0 Å². The third kappa shape index (κ3) is 2.65. The van der Waals surface area contributed by atoms with Crippen LogP contribution in [-0.2, 0) is 6.42 Å². The van der Waals surface area contributed by atoms with Crippen molar-refractivity contribution in [1.29, 1.82) is 0 Å². The van der Waals surface area contributed by atoms with Crippen molar-refractivity contribution >= 4 is 0 Å². The van der Waals surface area contributed by atoms with E-state index >= 15 is 0 Å². The van der Waals surface area contributed by atoms with Crippen LogP contribution < -0.4 is 4.74 Å². The molecular formula is C11H14F2O2. The lowest BCUT2D eigenvalue weighted by Crippen LogP contribution is -2.01. The third-order valence-corrected chi connectivity index (χ3v) is 2.19. The molecule has 0 radical (unpaired) electrons. The zero-order valence-corrected chi connectivity index (χ0v) is 8.76. The van der Waals surface area contributed by atoms with Crippen LogP contribution in [0.25, 0.3) is 0 Å². The molecule has 0 saturated heterocycles. The first kappa shape index (κ1) is 11.9. The highest BCUT2D eigenvalue weighted by Gasteiger charge is 2.14. The molecule has 0 bridgehead atoms. The smallest absolute Gasteiger partial charge is 0.165 e. The van der Waals surface area contributed by atoms with Crippen molar-refractivity contribution in [2.75, 3.05) is 13.7 Å². The zero-order chi connectivity index (χ0) is 11.4. The fourth-order valence-electron chi connectivity index (χ4n) is 1.44. The topological polar surface area (TPSA) is 29.5 Å². The lowest BCUT2D eigenvalue weighted by Gasteiger charge is -2.11. The standard InChI is InChI=1S/C11H14F2O2/c1-7(12)9-5-8(3-4-14)11(15-2)10(13)6-9/h5-7,14H,3-4H2,1-2H3. The van der Waals surface area contributed by atoms with E-state index in [-0.39, 0.29) is 24.3 Å². The minimum atomic E-state index is -1.23. The summed E-state index contributed by atoms with van der Waals surface area (Å²) >= 11 is 0. The zero-order valence-electron chi connectivity index (χ0n) is 8.76. The Kier molecular flexibility index (Phi) is 4.03. The molecule has 15 heavy (non-hydrogen) atoms. The van der Waals surface area contributed by atoms with Gasteiger partial charge in [-0.3, -0.25) is 0 Å². The van der Waals surface area contributed by atoms with Crippen LogP contribution in [0.5, 0.6) is 5.75 Å². The molecule has 1 aromatic rings. The Morgan fingerprint density at radius 1 is 1.47 bits per heavy atom. The highest BCUT2D eigenvalue weighted by molar-refractivity contribution is 5.39. The fourth-order valence-corrected chi connectivity index (χ4v) is 1.44. The summed E-state index contributed by atoms with van der Waals surface area (Å²) < 4.78 is 31.3. The van der Waals surface area contributed by atoms with Crippen LogP contribution in [0.15, 0.2) is 12.1 Å². The summed E-state index contributed by atoms with van der Waals surface area (Å²) in [7, 11) is 1.35. The van der Waals surface area contributed by atoms with Gasteiger partial charge in [-0.15, -0.1) is 0 Å². The van der Waals surface area contributed by atoms with Gasteiger partial charge in [-0.25, -0.2) is 8.78 Å². The maximum Gasteiger partial charge on any atom is 0.165 e. The summed E-state index contributed by atoms with van der Waals surface area (Å²) in [5.74, 6) is -0.517. The highest BCUT2D eigenvalue weighted by Crippen LogP contribution is 2.28. The third-order valence-electron chi connectivity index (χ3n) is 2.19. The van der Waals surface area contributed by atoms with Gasteiger partial charge in [0.1, 0.15) is 6.17 Å². The molecule has 2 nitrogen and oxygen atoms in total. The van der Waals surface area contributed by atoms with Crippen molar-refractivity contribution < 1.29 is 18.6 Å². The quantitative estimate of drug-likeness (QED) is 0.837. The van der Waals surface area contributed by atoms with Crippen molar-refractivity contribution in [2.24, 2.45) is 0 Å². The van der Waals surface area contributed by atoms with Gasteiger partial charge in [-0.1, -0.05) is 0 Å². The molecule has 0 heterocycles. The number of hydrogen-bond acceptors (Lipinski definition) is 2. The van der Waals surface area contributed by atoms with Crippen LogP contribution in [0, 0.1) is 5.82 Å². The van der Waals surface area contributed by atoms with Crippen LogP contribution >= 0.6 is 0 Å². The van der Waals surface area contributed by atoms with Crippen molar-refractivity contribution in [2.45, 2.75) is 19.5 Å². The van der Waals surface area contributed by atoms with Crippen LogP contribution in [0.4, 0.5) is 8.78 Å². The normalized spacial score (nSPS) is 12.6. The second-order valence-corrected chi connectivity index (χ2v) is 3.28. The van der Waals surface area contributed by atoms with Crippen LogP contribution in [0.1, 0.15) is 24.2 Å². The van der Waals surface area contributed by atoms with Gasteiger partial charge in [0.05, 0.1) is 7.11 Å². The molecule has 1 N–H and O–H groups in total. The summed E-state index contributed by atoms with van der Waals surface area (Å²) in [6.07, 6.45) is -0.983. The van der Waals surface area contributed by atoms with Gasteiger partial charge in [-0.2, -0.15) is 0 Å². The predicted octanol–water partition coefficient (Wildman–Crippen LogP) is 2.40. The minimum absolute atomic E-state index is 0.0773. The minimum Gasteiger partial charge on any atom is -0.493 e. The monoisotopic (exact) mass is 216 g/mol. The van der Waals surface area contributed by atoms with Crippen LogP contribution in [0.3, 0.4) is 0 Å². The van der Waals surface area contributed by atoms with Gasteiger partial charge in [0.25, 0.3) is 0 Å². The average molecular weight is 216 g/mol. The highest BCUT2D eigenvalue weighted by atomic mass is 19.1. The number of ether oxygens (including phenoxy) is 1. The van der Waals surface area contributed by atoms with Crippen molar-refractivity contribution in [1.82, 2.24) is 0 Å². The number of hydrogen-bond donors (Lipinski definition) is 1. The van der Waals surface area contributed by atoms with E-state index in [1.807, 2.05) is 0 Å². The van der Waals surface area contributed by atoms with Crippen molar-refractivity contribution in [3.05, 3.63) is 29.1 Å². The Labute approximate surface area is 87.5 Å². The molecule has 0 aromatic heterocycles. The van der Waals surface area contributed by atoms with Gasteiger partial charge in [0.15, 0.2) is 11.6 Å². The Hall–Kier alpha value is -1.16. The predicted molar refractivity (Wildman–Crippen MR) is 53.3 cm³/mol. The maximum absolute atomic E-state index is 13.4. The number of benzene rings is 1. The van der Waals surface area contributed by atoms with Gasteiger partial charge in [-0.05, 0) is 36.6 Å². The first-order valence-electron chi connectivity index (χ1n) is 4.71. The van der Waals surface area contributed by atoms with E-state index in [1.165, 1.54) is 20.1 Å². The van der Waals surface area contributed by atoms with Crippen LogP contribution in [0.2, 0.25) is 0 Å². The van der Waals surface area contributed by atoms with E-state index in [9.17, 15) is 8.78 Å². The van der Waals surface area contributed by atoms with Gasteiger partial charge < -0.3 is 9.84 Å². The van der Waals surface area contributed by atoms with Gasteiger partial charge in [0.2, 0.25) is 0 Å². The molecule has 0 aliphatic heterocycles. The van der Waals surface area contributed by atoms with Crippen LogP contribution in [-0.4, -0.2) is 18.8 Å². The Morgan fingerprint density at radius 3 is 2.60 bits per heavy atom. The Balaban J connectivity index is 3.19. The summed E-state index contributed by atoms with van der Waals surface area (Å²) in [4.78, 5) is 0. The summed E-state index contributed by atoms with van der Waals surface area (Å²) in [6.45, 7) is 1.21. The molecule has 1 aromatic carbocycles. The molecule has 0 amide bonds. The lowest BCUT2D eigenvalue weighted by atomic mass is 10.0. The number of halogens is 2. The summed E-state index contributed by atoms with van der Waals surface area (Å²) in [5, 5.41) is 8.79. The van der Waals surface area contributed by atoms with Crippen molar-refractivity contribution in [3.8, 4) is 5.75 Å². The largest absolute Gasteiger partial charge is 0.493 e. The molecule has 1 atom stereocenters. The fraction of sp³-hybridized carbons (Fsp3) is 0.455. The van der Waals surface area contributed by atoms with Gasteiger partial charge in [0, 0.05) is 6.61 Å². The summed E-state index contributed by atoms with van der Waals surface area (Å²) in [6, 6.07) is 2.63. The average Bonchev–Trinajstić information content (AvgIpc) is 2.17. The maximum atomic E-state index is 13.4. The molecule has 1 rings (SSSR count). The number of aliphatic hydroxyl groups excluding tert-OH is 1. The first-order chi connectivity index (χ1) is 7.10. The van der Waals surface area contributed by atoms with Gasteiger partial charge >= 0.3 is 0 Å². The molecule has 0 spiro atoms.